The number of nitrogens with two attached hydrogens (primary N) is 1. The smallest absolute Gasteiger partial charge is 0.248 e. The molecule has 1 aliphatic rings. The van der Waals surface area contributed by atoms with E-state index in [1.165, 1.54) is 5.56 Å². The zero-order chi connectivity index (χ0) is 21.5. The van der Waals surface area contributed by atoms with Crippen molar-refractivity contribution in [1.29, 1.82) is 0 Å². The zero-order valence-corrected chi connectivity index (χ0v) is 17.9. The summed E-state index contributed by atoms with van der Waals surface area (Å²) < 4.78 is 0. The molecule has 1 fully saturated rings. The van der Waals surface area contributed by atoms with Crippen LogP contribution in [0.4, 0.5) is 5.69 Å². The predicted molar refractivity (Wildman–Crippen MR) is 120 cm³/mol. The van der Waals surface area contributed by atoms with Gasteiger partial charge in [-0.1, -0.05) is 37.3 Å². The molecule has 2 aromatic rings. The van der Waals surface area contributed by atoms with Crippen molar-refractivity contribution in [3.05, 3.63) is 65.7 Å². The fourth-order valence-corrected chi connectivity index (χ4v) is 4.15. The first-order chi connectivity index (χ1) is 14.5. The molecule has 0 aliphatic carbocycles. The van der Waals surface area contributed by atoms with Crippen LogP contribution in [0, 0.1) is 0 Å². The number of nitrogens with zero attached hydrogens (tertiary/aromatic N) is 2. The monoisotopic (exact) mass is 408 g/mol. The number of benzene rings is 2. The first kappa shape index (κ1) is 22.0. The summed E-state index contributed by atoms with van der Waals surface area (Å²) in [6.45, 7) is 8.20. The summed E-state index contributed by atoms with van der Waals surface area (Å²) in [6.07, 6.45) is 1.57. The largest absolute Gasteiger partial charge is 0.366 e. The van der Waals surface area contributed by atoms with Crippen LogP contribution in [0.25, 0.3) is 0 Å². The number of hydrogen-bond donors (Lipinski definition) is 2. The highest BCUT2D eigenvalue weighted by atomic mass is 16.2. The van der Waals surface area contributed by atoms with E-state index in [4.69, 9.17) is 5.73 Å². The maximum Gasteiger partial charge on any atom is 0.248 e. The van der Waals surface area contributed by atoms with Gasteiger partial charge in [-0.2, -0.15) is 0 Å². The first-order valence-electron chi connectivity index (χ1n) is 10.7. The lowest BCUT2D eigenvalue weighted by Crippen LogP contribution is -2.39. The molecular formula is C24H32N4O2. The Bertz CT molecular complexity index is 838. The summed E-state index contributed by atoms with van der Waals surface area (Å²) in [5.74, 6) is -0.494. The molecule has 30 heavy (non-hydrogen) atoms. The van der Waals surface area contributed by atoms with Crippen molar-refractivity contribution >= 4 is 17.5 Å². The van der Waals surface area contributed by atoms with Gasteiger partial charge in [0, 0.05) is 49.4 Å². The molecule has 2 unspecified atom stereocenters. The van der Waals surface area contributed by atoms with Crippen LogP contribution >= 0.6 is 0 Å². The molecule has 0 saturated carbocycles. The molecule has 3 rings (SSSR count). The Labute approximate surface area is 179 Å². The third-order valence-electron chi connectivity index (χ3n) is 6.03. The van der Waals surface area contributed by atoms with Crippen LogP contribution in [-0.2, 0) is 4.79 Å². The van der Waals surface area contributed by atoms with Crippen LogP contribution in [0.15, 0.2) is 54.6 Å². The molecule has 2 amide bonds. The second-order valence-corrected chi connectivity index (χ2v) is 7.89. The second kappa shape index (κ2) is 10.4. The number of carbonyl (C=O) groups excluding carboxylic acids is 2. The van der Waals surface area contributed by atoms with Gasteiger partial charge >= 0.3 is 0 Å². The van der Waals surface area contributed by atoms with Crippen LogP contribution in [0.1, 0.15) is 48.7 Å². The van der Waals surface area contributed by atoms with E-state index in [0.717, 1.165) is 32.6 Å². The number of anilines is 1. The van der Waals surface area contributed by atoms with Crippen LogP contribution in [0.3, 0.4) is 0 Å². The van der Waals surface area contributed by atoms with Gasteiger partial charge < -0.3 is 11.1 Å². The standard InChI is InChI=1S/C24H32N4O2/c1-3-27(16-14-23(29)26-21-11-9-20(10-12-21)24(25)30)22-13-15-28(17-22)18(2)19-7-5-4-6-8-19/h4-12,18,22H,3,13-17H2,1-2H3,(H2,25,30)(H,26,29). The summed E-state index contributed by atoms with van der Waals surface area (Å²) in [6, 6.07) is 18.2. The van der Waals surface area contributed by atoms with E-state index in [-0.39, 0.29) is 5.91 Å². The van der Waals surface area contributed by atoms with E-state index in [1.54, 1.807) is 24.3 Å². The van der Waals surface area contributed by atoms with Crippen LogP contribution < -0.4 is 11.1 Å². The number of amides is 2. The van der Waals surface area contributed by atoms with Gasteiger partial charge in [-0.15, -0.1) is 0 Å². The minimum absolute atomic E-state index is 0.0206. The number of carbonyl (C=O) groups is 2. The highest BCUT2D eigenvalue weighted by Gasteiger charge is 2.30. The summed E-state index contributed by atoms with van der Waals surface area (Å²) in [5.41, 5.74) is 7.71. The Hall–Kier alpha value is -2.70. The Morgan fingerprint density at radius 3 is 2.50 bits per heavy atom. The van der Waals surface area contributed by atoms with Gasteiger partial charge in [0.05, 0.1) is 0 Å². The molecule has 1 aliphatic heterocycles. The molecule has 2 atom stereocenters. The molecular weight excluding hydrogens is 376 g/mol. The lowest BCUT2D eigenvalue weighted by molar-refractivity contribution is -0.116. The summed E-state index contributed by atoms with van der Waals surface area (Å²) >= 11 is 0. The average molecular weight is 409 g/mol. The van der Waals surface area contributed by atoms with Crippen molar-refractivity contribution in [1.82, 2.24) is 9.80 Å². The van der Waals surface area contributed by atoms with Gasteiger partial charge in [0.2, 0.25) is 11.8 Å². The maximum atomic E-state index is 12.4. The molecule has 0 spiro atoms. The third-order valence-corrected chi connectivity index (χ3v) is 6.03. The molecule has 3 N–H and O–H groups in total. The second-order valence-electron chi connectivity index (χ2n) is 7.89. The summed E-state index contributed by atoms with van der Waals surface area (Å²) in [7, 11) is 0. The van der Waals surface area contributed by atoms with E-state index in [9.17, 15) is 9.59 Å². The lowest BCUT2D eigenvalue weighted by Gasteiger charge is -2.29. The molecule has 0 radical (unpaired) electrons. The highest BCUT2D eigenvalue weighted by molar-refractivity contribution is 5.94. The van der Waals surface area contributed by atoms with Crippen molar-refractivity contribution in [2.75, 3.05) is 31.5 Å². The Morgan fingerprint density at radius 1 is 1.17 bits per heavy atom. The fraction of sp³-hybridized carbons (Fsp3) is 0.417. The number of primary amides is 1. The summed E-state index contributed by atoms with van der Waals surface area (Å²) in [5, 5.41) is 2.90. The van der Waals surface area contributed by atoms with E-state index in [0.29, 0.717) is 29.8 Å². The van der Waals surface area contributed by atoms with E-state index in [1.807, 2.05) is 0 Å². The molecule has 0 aromatic heterocycles. The molecule has 2 aromatic carbocycles. The number of rotatable bonds is 9. The Kier molecular flexibility index (Phi) is 7.60. The van der Waals surface area contributed by atoms with Gasteiger partial charge in [-0.3, -0.25) is 19.4 Å². The number of likely N-dealkylation sites (N-methyl/N-ethyl adjacent to an activating group) is 1. The molecule has 6 nitrogen and oxygen atoms in total. The van der Waals surface area contributed by atoms with Gasteiger partial charge in [0.1, 0.15) is 0 Å². The normalized spacial score (nSPS) is 17.8. The van der Waals surface area contributed by atoms with E-state index in [2.05, 4.69) is 59.3 Å². The van der Waals surface area contributed by atoms with E-state index < -0.39 is 5.91 Å². The Balaban J connectivity index is 1.48. The average Bonchev–Trinajstić information content (AvgIpc) is 3.24. The maximum absolute atomic E-state index is 12.4. The molecule has 6 heteroatoms. The minimum atomic E-state index is -0.473. The van der Waals surface area contributed by atoms with Gasteiger partial charge in [-0.25, -0.2) is 0 Å². The van der Waals surface area contributed by atoms with Crippen LogP contribution in [0.5, 0.6) is 0 Å². The molecule has 160 valence electrons. The van der Waals surface area contributed by atoms with Gasteiger partial charge in [-0.05, 0) is 49.7 Å². The number of likely N-dealkylation sites (tertiary alicyclic amines) is 1. The zero-order valence-electron chi connectivity index (χ0n) is 17.9. The summed E-state index contributed by atoms with van der Waals surface area (Å²) in [4.78, 5) is 28.5. The molecule has 1 heterocycles. The fourth-order valence-electron chi connectivity index (χ4n) is 4.15. The lowest BCUT2D eigenvalue weighted by atomic mass is 10.1. The number of hydrogen-bond acceptors (Lipinski definition) is 4. The topological polar surface area (TPSA) is 78.7 Å². The van der Waals surface area contributed by atoms with Crippen molar-refractivity contribution in [2.45, 2.75) is 38.8 Å². The van der Waals surface area contributed by atoms with Gasteiger partial charge in [0.15, 0.2) is 0 Å². The molecule has 1 saturated heterocycles. The quantitative estimate of drug-likeness (QED) is 0.667. The Morgan fingerprint density at radius 2 is 1.87 bits per heavy atom. The van der Waals surface area contributed by atoms with Crippen LogP contribution in [0.2, 0.25) is 0 Å². The minimum Gasteiger partial charge on any atom is -0.366 e. The van der Waals surface area contributed by atoms with Gasteiger partial charge in [0.25, 0.3) is 0 Å². The van der Waals surface area contributed by atoms with Crippen molar-refractivity contribution < 1.29 is 9.59 Å². The van der Waals surface area contributed by atoms with E-state index >= 15 is 0 Å². The SMILES string of the molecule is CCN(CCC(=O)Nc1ccc(C(N)=O)cc1)C1CCN(C(C)c2ccccc2)C1. The third kappa shape index (κ3) is 5.68. The van der Waals surface area contributed by atoms with Crippen molar-refractivity contribution in [3.8, 4) is 0 Å². The molecule has 0 bridgehead atoms. The van der Waals surface area contributed by atoms with Crippen LogP contribution in [-0.4, -0.2) is 53.8 Å². The number of nitrogens with one attached hydrogen (secondary N) is 1. The van der Waals surface area contributed by atoms with Crippen molar-refractivity contribution in [2.24, 2.45) is 5.73 Å². The van der Waals surface area contributed by atoms with Crippen molar-refractivity contribution in [3.63, 3.8) is 0 Å². The highest BCUT2D eigenvalue weighted by Crippen LogP contribution is 2.26. The first-order valence-corrected chi connectivity index (χ1v) is 10.7. The predicted octanol–water partition coefficient (Wildman–Crippen LogP) is 3.27.